The van der Waals surface area contributed by atoms with Crippen molar-refractivity contribution in [3.63, 3.8) is 0 Å². The molecule has 1 rings (SSSR count). The first kappa shape index (κ1) is 14.9. The molecule has 3 nitrogen and oxygen atoms in total. The molecule has 102 valence electrons. The minimum atomic E-state index is 0.450. The van der Waals surface area contributed by atoms with Crippen molar-refractivity contribution in [2.24, 2.45) is 17.6 Å². The van der Waals surface area contributed by atoms with E-state index in [-0.39, 0.29) is 0 Å². The Morgan fingerprint density at radius 3 is 2.65 bits per heavy atom. The second-order valence-electron chi connectivity index (χ2n) is 5.80. The summed E-state index contributed by atoms with van der Waals surface area (Å²) in [6.45, 7) is 6.15. The van der Waals surface area contributed by atoms with E-state index < -0.39 is 0 Å². The molecule has 4 atom stereocenters. The van der Waals surface area contributed by atoms with Gasteiger partial charge >= 0.3 is 0 Å². The second kappa shape index (κ2) is 7.34. The molecule has 0 aromatic rings. The largest absolute Gasteiger partial charge is 0.383 e. The maximum Gasteiger partial charge on any atom is 0.0615 e. The first-order chi connectivity index (χ1) is 8.10. The Kier molecular flexibility index (Phi) is 6.45. The van der Waals surface area contributed by atoms with E-state index in [9.17, 15) is 0 Å². The molecule has 1 fully saturated rings. The van der Waals surface area contributed by atoms with Crippen LogP contribution in [0.5, 0.6) is 0 Å². The molecule has 0 saturated heterocycles. The van der Waals surface area contributed by atoms with Crippen LogP contribution in [0.2, 0.25) is 0 Å². The Labute approximate surface area is 107 Å². The van der Waals surface area contributed by atoms with Crippen molar-refractivity contribution >= 4 is 0 Å². The van der Waals surface area contributed by atoms with E-state index in [0.717, 1.165) is 25.0 Å². The number of nitrogens with zero attached hydrogens (tertiary/aromatic N) is 1. The van der Waals surface area contributed by atoms with Gasteiger partial charge in [-0.25, -0.2) is 0 Å². The van der Waals surface area contributed by atoms with Crippen LogP contribution in [0.3, 0.4) is 0 Å². The van der Waals surface area contributed by atoms with Crippen molar-refractivity contribution < 1.29 is 4.74 Å². The molecule has 0 aliphatic heterocycles. The van der Waals surface area contributed by atoms with Gasteiger partial charge in [0.25, 0.3) is 0 Å². The van der Waals surface area contributed by atoms with Gasteiger partial charge in [-0.1, -0.05) is 19.8 Å². The monoisotopic (exact) mass is 242 g/mol. The summed E-state index contributed by atoms with van der Waals surface area (Å²) in [6, 6.07) is 0.966. The van der Waals surface area contributed by atoms with Gasteiger partial charge in [0.05, 0.1) is 6.61 Å². The molecule has 0 bridgehead atoms. The maximum atomic E-state index is 6.00. The average Bonchev–Trinajstić information content (AvgIpc) is 2.30. The summed E-state index contributed by atoms with van der Waals surface area (Å²) in [6.07, 6.45) is 5.45. The molecule has 1 aliphatic carbocycles. The number of hydrogen-bond acceptors (Lipinski definition) is 3. The fourth-order valence-electron chi connectivity index (χ4n) is 3.21. The summed E-state index contributed by atoms with van der Waals surface area (Å²) in [4.78, 5) is 2.42. The third kappa shape index (κ3) is 4.23. The molecule has 0 aromatic heterocycles. The maximum absolute atomic E-state index is 6.00. The topological polar surface area (TPSA) is 38.5 Å². The third-order valence-corrected chi connectivity index (χ3v) is 4.39. The fourth-order valence-corrected chi connectivity index (χ4v) is 3.21. The van der Waals surface area contributed by atoms with Gasteiger partial charge in [-0.2, -0.15) is 0 Å². The first-order valence-corrected chi connectivity index (χ1v) is 7.01. The Morgan fingerprint density at radius 1 is 1.41 bits per heavy atom. The van der Waals surface area contributed by atoms with Crippen molar-refractivity contribution in [3.8, 4) is 0 Å². The zero-order valence-electron chi connectivity index (χ0n) is 12.0. The molecule has 1 aliphatic rings. The Bertz CT molecular complexity index is 210. The molecule has 1 saturated carbocycles. The standard InChI is InChI=1S/C14H30N2O/c1-11-6-5-7-13(8-11)14(9-15)16(3)12(2)10-17-4/h11-14H,5-10,15H2,1-4H3. The van der Waals surface area contributed by atoms with E-state index in [1.165, 1.54) is 25.7 Å². The van der Waals surface area contributed by atoms with Gasteiger partial charge in [0, 0.05) is 25.7 Å². The molecule has 2 N–H and O–H groups in total. The quantitative estimate of drug-likeness (QED) is 0.775. The molecule has 0 aromatic carbocycles. The van der Waals surface area contributed by atoms with Crippen molar-refractivity contribution in [1.82, 2.24) is 4.90 Å². The Morgan fingerprint density at radius 2 is 2.12 bits per heavy atom. The lowest BCUT2D eigenvalue weighted by Crippen LogP contribution is -2.49. The number of methoxy groups -OCH3 is 1. The van der Waals surface area contributed by atoms with Gasteiger partial charge in [0.15, 0.2) is 0 Å². The molecule has 0 radical (unpaired) electrons. The van der Waals surface area contributed by atoms with Crippen LogP contribution in [0.4, 0.5) is 0 Å². The predicted octanol–water partition coefficient (Wildman–Crippen LogP) is 2.11. The minimum Gasteiger partial charge on any atom is -0.383 e. The lowest BCUT2D eigenvalue weighted by molar-refractivity contribution is 0.0556. The Balaban J connectivity index is 2.56. The summed E-state index contributed by atoms with van der Waals surface area (Å²) in [5, 5.41) is 0. The van der Waals surface area contributed by atoms with E-state index in [4.69, 9.17) is 10.5 Å². The Hall–Kier alpha value is -0.120. The van der Waals surface area contributed by atoms with Crippen molar-refractivity contribution in [3.05, 3.63) is 0 Å². The van der Waals surface area contributed by atoms with Gasteiger partial charge < -0.3 is 10.5 Å². The SMILES string of the molecule is COCC(C)N(C)C(CN)C1CCCC(C)C1. The second-order valence-corrected chi connectivity index (χ2v) is 5.80. The van der Waals surface area contributed by atoms with Crippen molar-refractivity contribution in [1.29, 1.82) is 0 Å². The molecule has 3 heteroatoms. The van der Waals surface area contributed by atoms with Gasteiger partial charge in [0.1, 0.15) is 0 Å². The molecule has 17 heavy (non-hydrogen) atoms. The number of likely N-dealkylation sites (N-methyl/N-ethyl adjacent to an activating group) is 1. The highest BCUT2D eigenvalue weighted by Crippen LogP contribution is 2.32. The van der Waals surface area contributed by atoms with Crippen LogP contribution in [0.15, 0.2) is 0 Å². The van der Waals surface area contributed by atoms with E-state index >= 15 is 0 Å². The van der Waals surface area contributed by atoms with Gasteiger partial charge in [-0.15, -0.1) is 0 Å². The van der Waals surface area contributed by atoms with Crippen LogP contribution < -0.4 is 5.73 Å². The lowest BCUT2D eigenvalue weighted by Gasteiger charge is -2.40. The number of ether oxygens (including phenoxy) is 1. The highest BCUT2D eigenvalue weighted by Gasteiger charge is 2.30. The van der Waals surface area contributed by atoms with Crippen LogP contribution in [0, 0.1) is 11.8 Å². The summed E-state index contributed by atoms with van der Waals surface area (Å²) < 4.78 is 5.25. The van der Waals surface area contributed by atoms with Gasteiger partial charge in [0.2, 0.25) is 0 Å². The lowest BCUT2D eigenvalue weighted by atomic mass is 9.78. The summed E-state index contributed by atoms with van der Waals surface area (Å²) in [7, 11) is 3.96. The first-order valence-electron chi connectivity index (χ1n) is 7.01. The minimum absolute atomic E-state index is 0.450. The molecular formula is C14H30N2O. The van der Waals surface area contributed by atoms with Crippen LogP contribution in [0.1, 0.15) is 39.5 Å². The highest BCUT2D eigenvalue weighted by atomic mass is 16.5. The fraction of sp³-hybridized carbons (Fsp3) is 1.00. The molecular weight excluding hydrogens is 212 g/mol. The normalized spacial score (nSPS) is 29.3. The number of nitrogens with two attached hydrogens (primary N) is 1. The van der Waals surface area contributed by atoms with Crippen LogP contribution in [-0.4, -0.2) is 44.3 Å². The van der Waals surface area contributed by atoms with Crippen molar-refractivity contribution in [2.75, 3.05) is 27.3 Å². The molecule has 0 amide bonds. The smallest absolute Gasteiger partial charge is 0.0615 e. The summed E-state index contributed by atoms with van der Waals surface area (Å²) in [5.74, 6) is 1.64. The van der Waals surface area contributed by atoms with Crippen LogP contribution in [-0.2, 0) is 4.74 Å². The highest BCUT2D eigenvalue weighted by molar-refractivity contribution is 4.85. The third-order valence-electron chi connectivity index (χ3n) is 4.39. The van der Waals surface area contributed by atoms with E-state index in [1.807, 2.05) is 0 Å². The van der Waals surface area contributed by atoms with E-state index in [0.29, 0.717) is 12.1 Å². The number of hydrogen-bond donors (Lipinski definition) is 1. The zero-order valence-corrected chi connectivity index (χ0v) is 12.0. The van der Waals surface area contributed by atoms with E-state index in [1.54, 1.807) is 7.11 Å². The van der Waals surface area contributed by atoms with Crippen LogP contribution >= 0.6 is 0 Å². The average molecular weight is 242 g/mol. The molecule has 0 heterocycles. The molecule has 0 spiro atoms. The van der Waals surface area contributed by atoms with E-state index in [2.05, 4.69) is 25.8 Å². The molecule has 4 unspecified atom stereocenters. The van der Waals surface area contributed by atoms with Gasteiger partial charge in [-0.05, 0) is 38.6 Å². The summed E-state index contributed by atoms with van der Waals surface area (Å²) in [5.41, 5.74) is 6.00. The van der Waals surface area contributed by atoms with Crippen molar-refractivity contribution in [2.45, 2.75) is 51.6 Å². The summed E-state index contributed by atoms with van der Waals surface area (Å²) >= 11 is 0. The van der Waals surface area contributed by atoms with Crippen LogP contribution in [0.25, 0.3) is 0 Å². The predicted molar refractivity (Wildman–Crippen MR) is 73.1 cm³/mol. The zero-order chi connectivity index (χ0) is 12.8. The van der Waals surface area contributed by atoms with Gasteiger partial charge in [-0.3, -0.25) is 4.90 Å². The number of rotatable bonds is 6.